The molecule has 0 bridgehead atoms. The van der Waals surface area contributed by atoms with E-state index in [1.165, 1.54) is 26.0 Å². The van der Waals surface area contributed by atoms with E-state index >= 15 is 0 Å². The number of carbonyl (C=O) groups is 4. The van der Waals surface area contributed by atoms with Gasteiger partial charge in [0.05, 0.1) is 11.1 Å². The number of nitrogens with zero attached hydrogens (tertiary/aromatic N) is 1. The van der Waals surface area contributed by atoms with Crippen LogP contribution in [-0.2, 0) is 14.3 Å². The van der Waals surface area contributed by atoms with Gasteiger partial charge >= 0.3 is 5.97 Å². The molecule has 6 nitrogen and oxygen atoms in total. The largest absolute Gasteiger partial charge is 0.453 e. The first-order valence-corrected chi connectivity index (χ1v) is 6.07. The van der Waals surface area contributed by atoms with Crippen LogP contribution in [0.3, 0.4) is 0 Å². The number of hydrogen-bond acceptors (Lipinski definition) is 5. The number of esters is 1. The molecule has 0 aromatic heterocycles. The van der Waals surface area contributed by atoms with Crippen molar-refractivity contribution in [3.63, 3.8) is 0 Å². The highest BCUT2D eigenvalue weighted by atomic mass is 16.5. The Kier molecular flexibility index (Phi) is 3.65. The standard InChI is InChI=1S/C14H13NO5/c1-8(16)9(2)20-12(17)7-15-13(18)10-5-3-4-6-11(10)14(15)19/h3-6,9H,7H2,1-2H3. The second kappa shape index (κ2) is 5.24. The third-order valence-corrected chi connectivity index (χ3v) is 3.05. The van der Waals surface area contributed by atoms with Gasteiger partial charge in [-0.3, -0.25) is 24.1 Å². The van der Waals surface area contributed by atoms with E-state index in [-0.39, 0.29) is 16.9 Å². The molecule has 1 atom stereocenters. The second-order valence-electron chi connectivity index (χ2n) is 4.48. The van der Waals surface area contributed by atoms with Crippen LogP contribution in [0.15, 0.2) is 24.3 Å². The maximum absolute atomic E-state index is 12.0. The molecule has 0 N–H and O–H groups in total. The number of carbonyl (C=O) groups excluding carboxylic acids is 4. The predicted octanol–water partition coefficient (Wildman–Crippen LogP) is 0.803. The minimum atomic E-state index is -0.891. The molecule has 1 heterocycles. The number of benzene rings is 1. The number of ether oxygens (including phenoxy) is 1. The molecule has 104 valence electrons. The van der Waals surface area contributed by atoms with Crippen molar-refractivity contribution in [3.05, 3.63) is 35.4 Å². The molecule has 0 radical (unpaired) electrons. The van der Waals surface area contributed by atoms with Crippen LogP contribution >= 0.6 is 0 Å². The van der Waals surface area contributed by atoms with Gasteiger partial charge in [-0.15, -0.1) is 0 Å². The van der Waals surface area contributed by atoms with E-state index in [1.807, 2.05) is 0 Å². The first-order valence-electron chi connectivity index (χ1n) is 6.07. The van der Waals surface area contributed by atoms with Gasteiger partial charge in [0.2, 0.25) is 0 Å². The Bertz CT molecular complexity index is 572. The lowest BCUT2D eigenvalue weighted by atomic mass is 10.1. The summed E-state index contributed by atoms with van der Waals surface area (Å²) >= 11 is 0. The quantitative estimate of drug-likeness (QED) is 0.600. The van der Waals surface area contributed by atoms with Crippen molar-refractivity contribution in [1.82, 2.24) is 4.90 Å². The van der Waals surface area contributed by atoms with Gasteiger partial charge in [0, 0.05) is 0 Å². The number of imide groups is 1. The van der Waals surface area contributed by atoms with Crippen LogP contribution in [0.1, 0.15) is 34.6 Å². The van der Waals surface area contributed by atoms with Crippen molar-refractivity contribution < 1.29 is 23.9 Å². The smallest absolute Gasteiger partial charge is 0.326 e. The molecule has 0 saturated carbocycles. The number of ketones is 1. The zero-order valence-electron chi connectivity index (χ0n) is 11.1. The van der Waals surface area contributed by atoms with Crippen molar-refractivity contribution in [3.8, 4) is 0 Å². The van der Waals surface area contributed by atoms with Crippen LogP contribution in [0.2, 0.25) is 0 Å². The first kappa shape index (κ1) is 13.9. The maximum atomic E-state index is 12.0. The maximum Gasteiger partial charge on any atom is 0.326 e. The molecule has 0 aliphatic carbocycles. The van der Waals surface area contributed by atoms with E-state index in [9.17, 15) is 19.2 Å². The average Bonchev–Trinajstić information content (AvgIpc) is 2.64. The molecule has 20 heavy (non-hydrogen) atoms. The van der Waals surface area contributed by atoms with Crippen LogP contribution in [0, 0.1) is 0 Å². The number of hydrogen-bond donors (Lipinski definition) is 0. The highest BCUT2D eigenvalue weighted by molar-refractivity contribution is 6.22. The molecular formula is C14H13NO5. The fraction of sp³-hybridized carbons (Fsp3) is 0.286. The van der Waals surface area contributed by atoms with Gasteiger partial charge in [-0.2, -0.15) is 0 Å². The Morgan fingerprint density at radius 1 is 1.15 bits per heavy atom. The SMILES string of the molecule is CC(=O)C(C)OC(=O)CN1C(=O)c2ccccc2C1=O. The van der Waals surface area contributed by atoms with Crippen molar-refractivity contribution in [2.24, 2.45) is 0 Å². The van der Waals surface area contributed by atoms with Gasteiger partial charge in [0.15, 0.2) is 11.9 Å². The van der Waals surface area contributed by atoms with Crippen molar-refractivity contribution in [2.45, 2.75) is 20.0 Å². The van der Waals surface area contributed by atoms with E-state index < -0.39 is 30.4 Å². The summed E-state index contributed by atoms with van der Waals surface area (Å²) in [6.45, 7) is 2.23. The molecule has 1 aliphatic rings. The zero-order valence-corrected chi connectivity index (χ0v) is 11.1. The van der Waals surface area contributed by atoms with Gasteiger partial charge in [-0.1, -0.05) is 12.1 Å². The Morgan fingerprint density at radius 2 is 1.65 bits per heavy atom. The molecule has 1 unspecified atom stereocenters. The number of amides is 2. The van der Waals surface area contributed by atoms with Crippen LogP contribution < -0.4 is 0 Å². The molecule has 1 aliphatic heterocycles. The molecule has 0 fully saturated rings. The number of fused-ring (bicyclic) bond motifs is 1. The van der Waals surface area contributed by atoms with Gasteiger partial charge in [-0.05, 0) is 26.0 Å². The molecule has 0 saturated heterocycles. The Labute approximate surface area is 115 Å². The van der Waals surface area contributed by atoms with Gasteiger partial charge in [-0.25, -0.2) is 0 Å². The minimum absolute atomic E-state index is 0.268. The van der Waals surface area contributed by atoms with E-state index in [4.69, 9.17) is 4.74 Å². The summed E-state index contributed by atoms with van der Waals surface area (Å²) in [4.78, 5) is 47.4. The molecular weight excluding hydrogens is 262 g/mol. The lowest BCUT2D eigenvalue weighted by Crippen LogP contribution is -2.37. The summed E-state index contributed by atoms with van der Waals surface area (Å²) in [5.41, 5.74) is 0.537. The zero-order chi connectivity index (χ0) is 14.9. The summed E-state index contributed by atoms with van der Waals surface area (Å²) in [6.07, 6.45) is -0.891. The molecule has 6 heteroatoms. The molecule has 2 amide bonds. The predicted molar refractivity (Wildman–Crippen MR) is 68.0 cm³/mol. The fourth-order valence-electron chi connectivity index (χ4n) is 1.83. The van der Waals surface area contributed by atoms with E-state index in [0.29, 0.717) is 0 Å². The highest BCUT2D eigenvalue weighted by Gasteiger charge is 2.36. The van der Waals surface area contributed by atoms with Crippen LogP contribution in [0.5, 0.6) is 0 Å². The van der Waals surface area contributed by atoms with E-state index in [1.54, 1.807) is 12.1 Å². The normalized spacial score (nSPS) is 15.0. The lowest BCUT2D eigenvalue weighted by Gasteiger charge is -2.15. The van der Waals surface area contributed by atoms with E-state index in [0.717, 1.165) is 4.90 Å². The summed E-state index contributed by atoms with van der Waals surface area (Å²) < 4.78 is 4.83. The van der Waals surface area contributed by atoms with Crippen LogP contribution in [0.25, 0.3) is 0 Å². The van der Waals surface area contributed by atoms with E-state index in [2.05, 4.69) is 0 Å². The highest BCUT2D eigenvalue weighted by Crippen LogP contribution is 2.22. The minimum Gasteiger partial charge on any atom is -0.453 e. The van der Waals surface area contributed by atoms with Gasteiger partial charge < -0.3 is 4.74 Å². The third-order valence-electron chi connectivity index (χ3n) is 3.05. The molecule has 1 aromatic rings. The molecule has 2 rings (SSSR count). The fourth-order valence-corrected chi connectivity index (χ4v) is 1.83. The summed E-state index contributed by atoms with van der Waals surface area (Å²) in [6, 6.07) is 6.34. The number of rotatable bonds is 4. The summed E-state index contributed by atoms with van der Waals surface area (Å²) in [5.74, 6) is -2.15. The van der Waals surface area contributed by atoms with Crippen LogP contribution in [0.4, 0.5) is 0 Å². The Hall–Kier alpha value is -2.50. The topological polar surface area (TPSA) is 80.8 Å². The molecule has 0 spiro atoms. The average molecular weight is 275 g/mol. The van der Waals surface area contributed by atoms with Crippen molar-refractivity contribution in [2.75, 3.05) is 6.54 Å². The van der Waals surface area contributed by atoms with Crippen LogP contribution in [-0.4, -0.2) is 41.1 Å². The van der Waals surface area contributed by atoms with Gasteiger partial charge in [0.1, 0.15) is 6.54 Å². The Balaban J connectivity index is 2.09. The third kappa shape index (κ3) is 2.45. The first-order chi connectivity index (χ1) is 9.41. The number of Topliss-reactive ketones (excluding diaryl/α,β-unsaturated/α-hetero) is 1. The Morgan fingerprint density at radius 3 is 2.10 bits per heavy atom. The van der Waals surface area contributed by atoms with Gasteiger partial charge in [0.25, 0.3) is 11.8 Å². The lowest BCUT2D eigenvalue weighted by molar-refractivity contribution is -0.153. The van der Waals surface area contributed by atoms with Crippen molar-refractivity contribution in [1.29, 1.82) is 0 Å². The monoisotopic (exact) mass is 275 g/mol. The van der Waals surface area contributed by atoms with Crippen molar-refractivity contribution >= 4 is 23.6 Å². The second-order valence-corrected chi connectivity index (χ2v) is 4.48. The summed E-state index contributed by atoms with van der Waals surface area (Å²) in [7, 11) is 0. The molecule has 1 aromatic carbocycles. The summed E-state index contributed by atoms with van der Waals surface area (Å²) in [5, 5.41) is 0.